The van der Waals surface area contributed by atoms with E-state index >= 15 is 0 Å². The Bertz CT molecular complexity index is 1060. The van der Waals surface area contributed by atoms with Gasteiger partial charge in [-0.2, -0.15) is 0 Å². The number of ketones is 1. The molecule has 146 valence electrons. The van der Waals surface area contributed by atoms with Gasteiger partial charge in [-0.1, -0.05) is 11.6 Å². The minimum Gasteiger partial charge on any atom is -0.478 e. The fourth-order valence-corrected chi connectivity index (χ4v) is 2.01. The Hall–Kier alpha value is -4.11. The second-order valence-electron chi connectivity index (χ2n) is 5.08. The van der Waals surface area contributed by atoms with Crippen LogP contribution in [-0.2, 0) is 4.79 Å². The summed E-state index contributed by atoms with van der Waals surface area (Å²) in [5.74, 6) is 4.06. The molecule has 9 heteroatoms. The van der Waals surface area contributed by atoms with Gasteiger partial charge >= 0.3 is 17.9 Å². The van der Waals surface area contributed by atoms with Crippen molar-refractivity contribution >= 4 is 35.3 Å². The van der Waals surface area contributed by atoms with Gasteiger partial charge in [0.2, 0.25) is 5.78 Å². The standard InChI is InChI=1S/C20H9ClO7.H2O/c21-15-5-7-16(8-6-15)28-18(23)4-2-1-3-17(22)12-9-13(19(24)25)11-14(10-12)20(26)27;/h5-11H,(H,24,25)(H,26,27);1H2. The molecular weight excluding hydrogens is 404 g/mol. The number of benzene rings is 2. The molecule has 0 saturated carbocycles. The molecule has 0 aromatic heterocycles. The number of carboxylic acids is 2. The number of hydrogen-bond donors (Lipinski definition) is 2. The van der Waals surface area contributed by atoms with Crippen LogP contribution in [0.1, 0.15) is 31.1 Å². The lowest BCUT2D eigenvalue weighted by molar-refractivity contribution is -0.128. The second kappa shape index (κ2) is 10.3. The Morgan fingerprint density at radius 1 is 0.793 bits per heavy atom. The number of carbonyl (C=O) groups excluding carboxylic acids is 2. The van der Waals surface area contributed by atoms with Crippen LogP contribution in [0, 0.1) is 23.7 Å². The smallest absolute Gasteiger partial charge is 0.390 e. The quantitative estimate of drug-likeness (QED) is 0.193. The maximum atomic E-state index is 12.0. The van der Waals surface area contributed by atoms with Gasteiger partial charge in [0.1, 0.15) is 5.75 Å². The first kappa shape index (κ1) is 22.9. The van der Waals surface area contributed by atoms with E-state index in [0.717, 1.165) is 18.2 Å². The number of carboxylic acid groups (broad SMARTS) is 2. The summed E-state index contributed by atoms with van der Waals surface area (Å²) in [5, 5.41) is 18.4. The van der Waals surface area contributed by atoms with Gasteiger partial charge in [0.15, 0.2) is 0 Å². The Kier molecular flexibility index (Phi) is 8.13. The maximum Gasteiger partial charge on any atom is 0.390 e. The lowest BCUT2D eigenvalue weighted by Crippen LogP contribution is -2.06. The molecule has 0 radical (unpaired) electrons. The van der Waals surface area contributed by atoms with Gasteiger partial charge in [-0.25, -0.2) is 14.4 Å². The molecule has 0 atom stereocenters. The molecule has 4 N–H and O–H groups in total. The molecule has 8 nitrogen and oxygen atoms in total. The molecule has 0 fully saturated rings. The second-order valence-corrected chi connectivity index (χ2v) is 5.52. The summed E-state index contributed by atoms with van der Waals surface area (Å²) in [6, 6.07) is 8.88. The van der Waals surface area contributed by atoms with Crippen molar-refractivity contribution < 1.29 is 39.6 Å². The van der Waals surface area contributed by atoms with E-state index in [0.29, 0.717) is 5.02 Å². The molecule has 2 aromatic rings. The summed E-state index contributed by atoms with van der Waals surface area (Å²) in [5.41, 5.74) is -0.972. The Labute approximate surface area is 169 Å². The Balaban J connectivity index is 0.00000420. The van der Waals surface area contributed by atoms with E-state index < -0.39 is 23.7 Å². The van der Waals surface area contributed by atoms with Crippen LogP contribution < -0.4 is 4.74 Å². The molecular formula is C20H11ClO8. The van der Waals surface area contributed by atoms with Crippen molar-refractivity contribution in [2.75, 3.05) is 0 Å². The average molecular weight is 415 g/mol. The van der Waals surface area contributed by atoms with Crippen LogP contribution in [0.3, 0.4) is 0 Å². The van der Waals surface area contributed by atoms with Crippen molar-refractivity contribution in [3.8, 4) is 29.4 Å². The molecule has 0 amide bonds. The monoisotopic (exact) mass is 414 g/mol. The van der Waals surface area contributed by atoms with Crippen LogP contribution in [0.2, 0.25) is 5.02 Å². The van der Waals surface area contributed by atoms with Crippen molar-refractivity contribution in [2.24, 2.45) is 0 Å². The zero-order valence-corrected chi connectivity index (χ0v) is 15.1. The normalized spacial score (nSPS) is 8.86. The van der Waals surface area contributed by atoms with Gasteiger partial charge in [-0.05, 0) is 60.2 Å². The number of carbonyl (C=O) groups is 4. The molecule has 2 rings (SSSR count). The minimum absolute atomic E-state index is 0. The Morgan fingerprint density at radius 2 is 1.28 bits per heavy atom. The molecule has 0 spiro atoms. The predicted octanol–water partition coefficient (Wildman–Crippen LogP) is 1.71. The summed E-state index contributed by atoms with van der Waals surface area (Å²) in [7, 11) is 0. The van der Waals surface area contributed by atoms with E-state index in [-0.39, 0.29) is 27.9 Å². The van der Waals surface area contributed by atoms with Crippen LogP contribution in [-0.4, -0.2) is 39.4 Å². The molecule has 29 heavy (non-hydrogen) atoms. The number of aromatic carboxylic acids is 2. The largest absolute Gasteiger partial charge is 0.478 e. The van der Waals surface area contributed by atoms with E-state index in [9.17, 15) is 19.2 Å². The van der Waals surface area contributed by atoms with Crippen molar-refractivity contribution in [2.45, 2.75) is 0 Å². The van der Waals surface area contributed by atoms with Crippen LogP contribution in [0.4, 0.5) is 0 Å². The van der Waals surface area contributed by atoms with Crippen LogP contribution in [0.25, 0.3) is 0 Å². The summed E-state index contributed by atoms with van der Waals surface area (Å²) in [6.45, 7) is 0. The Morgan fingerprint density at radius 3 is 1.79 bits per heavy atom. The lowest BCUT2D eigenvalue weighted by Gasteiger charge is -2.01. The highest BCUT2D eigenvalue weighted by molar-refractivity contribution is 6.30. The number of rotatable bonds is 4. The molecule has 0 heterocycles. The van der Waals surface area contributed by atoms with E-state index in [1.807, 2.05) is 0 Å². The van der Waals surface area contributed by atoms with Crippen molar-refractivity contribution in [1.82, 2.24) is 0 Å². The predicted molar refractivity (Wildman–Crippen MR) is 101 cm³/mol. The summed E-state index contributed by atoms with van der Waals surface area (Å²) >= 11 is 5.70. The first-order valence-electron chi connectivity index (χ1n) is 7.41. The first-order valence-corrected chi connectivity index (χ1v) is 7.79. The maximum absolute atomic E-state index is 12.0. The van der Waals surface area contributed by atoms with Crippen LogP contribution in [0.15, 0.2) is 42.5 Å². The van der Waals surface area contributed by atoms with Gasteiger partial charge in [0.25, 0.3) is 0 Å². The molecule has 0 unspecified atom stereocenters. The van der Waals surface area contributed by atoms with Crippen molar-refractivity contribution in [3.63, 3.8) is 0 Å². The average Bonchev–Trinajstić information content (AvgIpc) is 2.66. The SMILES string of the molecule is O.O=C(C#CC#CC(=O)c1cc(C(=O)O)cc(C(=O)O)c1)Oc1ccc(Cl)cc1. The van der Waals surface area contributed by atoms with Crippen LogP contribution >= 0.6 is 11.6 Å². The summed E-state index contributed by atoms with van der Waals surface area (Å²) in [4.78, 5) is 45.6. The number of hydrogen-bond acceptors (Lipinski definition) is 5. The summed E-state index contributed by atoms with van der Waals surface area (Å²) in [6.07, 6.45) is 0. The third kappa shape index (κ3) is 6.85. The highest BCUT2D eigenvalue weighted by atomic mass is 35.5. The van der Waals surface area contributed by atoms with Gasteiger partial charge in [0, 0.05) is 16.5 Å². The molecule has 0 saturated heterocycles. The molecule has 0 bridgehead atoms. The number of ether oxygens (including phenoxy) is 1. The van der Waals surface area contributed by atoms with Crippen LogP contribution in [0.5, 0.6) is 5.75 Å². The number of Topliss-reactive ketones (excluding diaryl/α,β-unsaturated/α-hetero) is 1. The zero-order chi connectivity index (χ0) is 20.7. The van der Waals surface area contributed by atoms with E-state index in [4.69, 9.17) is 26.6 Å². The zero-order valence-electron chi connectivity index (χ0n) is 14.4. The fourth-order valence-electron chi connectivity index (χ4n) is 1.88. The number of esters is 1. The number of halogens is 1. The van der Waals surface area contributed by atoms with Gasteiger partial charge in [-0.3, -0.25) is 4.79 Å². The lowest BCUT2D eigenvalue weighted by atomic mass is 10.0. The topological polar surface area (TPSA) is 149 Å². The third-order valence-electron chi connectivity index (χ3n) is 3.12. The molecule has 2 aromatic carbocycles. The van der Waals surface area contributed by atoms with Crippen molar-refractivity contribution in [1.29, 1.82) is 0 Å². The molecule has 0 aliphatic carbocycles. The summed E-state index contributed by atoms with van der Waals surface area (Å²) < 4.78 is 4.89. The third-order valence-corrected chi connectivity index (χ3v) is 3.37. The van der Waals surface area contributed by atoms with E-state index in [1.54, 1.807) is 0 Å². The first-order chi connectivity index (χ1) is 13.3. The molecule has 0 aliphatic rings. The highest BCUT2D eigenvalue weighted by Crippen LogP contribution is 2.15. The van der Waals surface area contributed by atoms with Gasteiger partial charge < -0.3 is 20.4 Å². The van der Waals surface area contributed by atoms with Gasteiger partial charge in [-0.15, -0.1) is 0 Å². The minimum atomic E-state index is -1.39. The van der Waals surface area contributed by atoms with E-state index in [1.165, 1.54) is 24.3 Å². The molecule has 0 aliphatic heterocycles. The van der Waals surface area contributed by atoms with Crippen molar-refractivity contribution in [3.05, 3.63) is 64.2 Å². The fraction of sp³-hybridized carbons (Fsp3) is 0. The van der Waals surface area contributed by atoms with E-state index in [2.05, 4.69) is 23.7 Å². The van der Waals surface area contributed by atoms with Gasteiger partial charge in [0.05, 0.1) is 11.1 Å². The highest BCUT2D eigenvalue weighted by Gasteiger charge is 2.14.